The van der Waals surface area contributed by atoms with Crippen LogP contribution in [0.25, 0.3) is 0 Å². The Bertz CT molecular complexity index is 18.5. The number of hydrogen-bond acceptors (Lipinski definition) is 1. The maximum atomic E-state index is 3.25. The van der Waals surface area contributed by atoms with Crippen LogP contribution in [0.2, 0.25) is 6.04 Å². The largest absolute Gasteiger partial charge is 0.339 e. The van der Waals surface area contributed by atoms with Crippen molar-refractivity contribution in [1.29, 1.82) is 0 Å². The lowest BCUT2D eigenvalue weighted by Gasteiger charge is -1.74. The zero-order valence-electron chi connectivity index (χ0n) is 3.12. The molecule has 0 atom stereocenters. The summed E-state index contributed by atoms with van der Waals surface area (Å²) >= 11 is 0. The lowest BCUT2D eigenvalue weighted by atomic mass is 10.5. The molecule has 2 radical (unpaired) electrons. The molecule has 1 heterocycles. The Morgan fingerprint density at radius 1 is 1.60 bits per heavy atom. The van der Waals surface area contributed by atoms with Gasteiger partial charge in [0.05, 0.1) is 0 Å². The summed E-state index contributed by atoms with van der Waals surface area (Å²) in [5, 5.41) is 0. The minimum Gasteiger partial charge on any atom is -0.339 e. The van der Waals surface area contributed by atoms with Crippen LogP contribution in [0.5, 0.6) is 0 Å². The third-order valence-electron chi connectivity index (χ3n) is 0.729. The van der Waals surface area contributed by atoms with Crippen molar-refractivity contribution >= 4 is 9.68 Å². The van der Waals surface area contributed by atoms with Gasteiger partial charge in [-0.1, -0.05) is 0 Å². The minimum atomic E-state index is 1.06. The van der Waals surface area contributed by atoms with Gasteiger partial charge in [-0.25, -0.2) is 0 Å². The Balaban J connectivity index is 2.08. The molecule has 0 aromatic heterocycles. The van der Waals surface area contributed by atoms with Crippen LogP contribution >= 0.6 is 0 Å². The van der Waals surface area contributed by atoms with Crippen LogP contribution in [-0.2, 0) is 0 Å². The third kappa shape index (κ3) is 0.739. The van der Waals surface area contributed by atoms with Crippen molar-refractivity contribution in [2.75, 3.05) is 6.54 Å². The summed E-state index contributed by atoms with van der Waals surface area (Å²) in [5.41, 5.74) is 0. The number of hydrogen-bond donors (Lipinski definition) is 1. The summed E-state index contributed by atoms with van der Waals surface area (Å²) in [6.45, 7) is 1.26. The van der Waals surface area contributed by atoms with Crippen molar-refractivity contribution < 1.29 is 0 Å². The van der Waals surface area contributed by atoms with E-state index in [4.69, 9.17) is 0 Å². The van der Waals surface area contributed by atoms with Gasteiger partial charge in [0.1, 0.15) is 9.68 Å². The van der Waals surface area contributed by atoms with E-state index in [1.54, 1.807) is 0 Å². The van der Waals surface area contributed by atoms with Crippen molar-refractivity contribution in [1.82, 2.24) is 4.98 Å². The molecule has 1 aliphatic rings. The Morgan fingerprint density at radius 2 is 2.60 bits per heavy atom. The average Bonchev–Trinajstić information content (AvgIpc) is 1.76. The Morgan fingerprint density at radius 3 is 2.80 bits per heavy atom. The highest BCUT2D eigenvalue weighted by molar-refractivity contribution is 6.33. The van der Waals surface area contributed by atoms with Crippen LogP contribution in [0.3, 0.4) is 0 Å². The van der Waals surface area contributed by atoms with Gasteiger partial charge in [-0.3, -0.25) is 0 Å². The van der Waals surface area contributed by atoms with Crippen LogP contribution in [0, 0.1) is 0 Å². The highest BCUT2D eigenvalue weighted by atomic mass is 28.2. The van der Waals surface area contributed by atoms with Crippen molar-refractivity contribution in [3.05, 3.63) is 0 Å². The molecule has 0 bridgehead atoms. The quantitative estimate of drug-likeness (QED) is 0.409. The van der Waals surface area contributed by atoms with Gasteiger partial charge in [0.2, 0.25) is 0 Å². The van der Waals surface area contributed by atoms with Gasteiger partial charge < -0.3 is 4.98 Å². The molecule has 5 heavy (non-hydrogen) atoms. The number of rotatable bonds is 0. The predicted molar refractivity (Wildman–Crippen MR) is 23.2 cm³/mol. The van der Waals surface area contributed by atoms with Gasteiger partial charge in [-0.15, -0.1) is 0 Å². The molecule has 0 aromatic carbocycles. The normalized spacial score (nSPS) is 24.0. The number of nitrogens with one attached hydrogen (secondary N) is 1. The fraction of sp³-hybridized carbons (Fsp3) is 1.00. The molecular weight excluding hydrogens is 78.1 g/mol. The monoisotopic (exact) mass is 85.0 g/mol. The molecule has 0 aromatic rings. The molecule has 0 unspecified atom stereocenters. The first-order chi connectivity index (χ1) is 2.50. The molecule has 0 spiro atoms. The minimum absolute atomic E-state index is 1.06. The van der Waals surface area contributed by atoms with Gasteiger partial charge in [0.25, 0.3) is 0 Å². The lowest BCUT2D eigenvalue weighted by molar-refractivity contribution is 0.933. The second-order valence-electron chi connectivity index (χ2n) is 1.21. The fourth-order valence-corrected chi connectivity index (χ4v) is 1.33. The molecular formula is C3H7NSi. The van der Waals surface area contributed by atoms with E-state index in [0.29, 0.717) is 0 Å². The summed E-state index contributed by atoms with van der Waals surface area (Å²) in [5.74, 6) is 0. The van der Waals surface area contributed by atoms with Gasteiger partial charge in [0, 0.05) is 0 Å². The van der Waals surface area contributed by atoms with E-state index in [1.807, 2.05) is 0 Å². The Kier molecular flexibility index (Phi) is 1.06. The maximum Gasteiger partial charge on any atom is 0.138 e. The van der Waals surface area contributed by atoms with Gasteiger partial charge in [-0.2, -0.15) is 0 Å². The zero-order valence-corrected chi connectivity index (χ0v) is 4.12. The second kappa shape index (κ2) is 1.57. The van der Waals surface area contributed by atoms with E-state index in [2.05, 4.69) is 4.98 Å². The molecule has 1 saturated heterocycles. The summed E-state index contributed by atoms with van der Waals surface area (Å²) < 4.78 is 0. The van der Waals surface area contributed by atoms with Crippen LogP contribution in [0.1, 0.15) is 6.42 Å². The average molecular weight is 85.2 g/mol. The van der Waals surface area contributed by atoms with Gasteiger partial charge >= 0.3 is 0 Å². The first-order valence-corrected chi connectivity index (χ1v) is 3.16. The third-order valence-corrected chi connectivity index (χ3v) is 1.83. The summed E-state index contributed by atoms with van der Waals surface area (Å²) in [6, 6.07) is 1.42. The molecule has 0 amide bonds. The molecule has 1 fully saturated rings. The molecule has 1 nitrogen and oxygen atoms in total. The van der Waals surface area contributed by atoms with E-state index < -0.39 is 0 Å². The van der Waals surface area contributed by atoms with Crippen LogP contribution < -0.4 is 4.98 Å². The summed E-state index contributed by atoms with van der Waals surface area (Å²) in [4.78, 5) is 3.25. The van der Waals surface area contributed by atoms with E-state index >= 15 is 0 Å². The lowest BCUT2D eigenvalue weighted by Crippen LogP contribution is -2.07. The molecule has 0 aliphatic carbocycles. The van der Waals surface area contributed by atoms with Crippen molar-refractivity contribution in [3.8, 4) is 0 Å². The van der Waals surface area contributed by atoms with E-state index in [0.717, 1.165) is 9.68 Å². The predicted octanol–water partition coefficient (Wildman–Crippen LogP) is 0.0172. The smallest absolute Gasteiger partial charge is 0.138 e. The van der Waals surface area contributed by atoms with E-state index in [9.17, 15) is 0 Å². The van der Waals surface area contributed by atoms with E-state index in [-0.39, 0.29) is 0 Å². The first-order valence-electron chi connectivity index (χ1n) is 1.96. The topological polar surface area (TPSA) is 12.0 Å². The first kappa shape index (κ1) is 3.37. The second-order valence-corrected chi connectivity index (χ2v) is 2.41. The van der Waals surface area contributed by atoms with Crippen molar-refractivity contribution in [2.45, 2.75) is 12.5 Å². The van der Waals surface area contributed by atoms with Gasteiger partial charge in [-0.05, 0) is 19.0 Å². The molecule has 2 heteroatoms. The molecule has 1 N–H and O–H groups in total. The highest BCUT2D eigenvalue weighted by Crippen LogP contribution is 1.89. The van der Waals surface area contributed by atoms with Crippen LogP contribution in [-0.4, -0.2) is 16.2 Å². The van der Waals surface area contributed by atoms with Gasteiger partial charge in [0.15, 0.2) is 0 Å². The van der Waals surface area contributed by atoms with Crippen molar-refractivity contribution in [2.24, 2.45) is 0 Å². The molecule has 1 rings (SSSR count). The summed E-state index contributed by atoms with van der Waals surface area (Å²) in [7, 11) is 1.06. The zero-order chi connectivity index (χ0) is 3.54. The Hall–Kier alpha value is 0.177. The van der Waals surface area contributed by atoms with Crippen molar-refractivity contribution in [3.63, 3.8) is 0 Å². The van der Waals surface area contributed by atoms with Crippen LogP contribution in [0.15, 0.2) is 0 Å². The molecule has 1 aliphatic heterocycles. The van der Waals surface area contributed by atoms with E-state index in [1.165, 1.54) is 19.0 Å². The maximum absolute atomic E-state index is 3.25. The van der Waals surface area contributed by atoms with Crippen LogP contribution in [0.4, 0.5) is 0 Å². The molecule has 28 valence electrons. The Labute approximate surface area is 34.7 Å². The standard InChI is InChI=1S/C3H7NSi/c1-2-4-5-3-1/h4H,1-3H2. The molecule has 0 saturated carbocycles. The summed E-state index contributed by atoms with van der Waals surface area (Å²) in [6.07, 6.45) is 1.40. The fourth-order valence-electron chi connectivity index (χ4n) is 0.442. The SMILES string of the molecule is C1CN[Si]C1. The highest BCUT2D eigenvalue weighted by Gasteiger charge is 1.95.